The van der Waals surface area contributed by atoms with Gasteiger partial charge in [-0.3, -0.25) is 9.59 Å². The van der Waals surface area contributed by atoms with E-state index < -0.39 is 35.1 Å². The van der Waals surface area contributed by atoms with E-state index in [9.17, 15) is 23.5 Å². The van der Waals surface area contributed by atoms with Crippen molar-refractivity contribution in [1.29, 1.82) is 0 Å². The number of Topliss-reactive ketones (excluding diaryl/α,β-unsaturated/α-hetero) is 1. The fraction of sp³-hybridized carbons (Fsp3) is 0.120. The van der Waals surface area contributed by atoms with Gasteiger partial charge in [-0.15, -0.1) is 0 Å². The van der Waals surface area contributed by atoms with Crippen molar-refractivity contribution in [1.82, 2.24) is 4.90 Å². The zero-order chi connectivity index (χ0) is 24.6. The monoisotopic (exact) mass is 503 g/mol. The van der Waals surface area contributed by atoms with Crippen LogP contribution in [-0.4, -0.2) is 28.8 Å². The molecule has 0 aliphatic carbocycles. The zero-order valence-corrected chi connectivity index (χ0v) is 19.2. The van der Waals surface area contributed by atoms with Crippen molar-refractivity contribution >= 4 is 40.7 Å². The maximum absolute atomic E-state index is 13.6. The smallest absolute Gasteiger partial charge is 0.295 e. The van der Waals surface area contributed by atoms with Crippen LogP contribution in [-0.2, 0) is 16.1 Å². The maximum atomic E-state index is 13.6. The number of benzene rings is 3. The molecule has 1 saturated heterocycles. The average Bonchev–Trinajstić information content (AvgIpc) is 3.05. The molecule has 1 aliphatic heterocycles. The summed E-state index contributed by atoms with van der Waals surface area (Å²) >= 11 is 12.3. The Balaban J connectivity index is 1.91. The summed E-state index contributed by atoms with van der Waals surface area (Å²) in [4.78, 5) is 27.4. The molecule has 1 atom stereocenters. The third kappa shape index (κ3) is 4.36. The van der Waals surface area contributed by atoms with Gasteiger partial charge < -0.3 is 14.7 Å². The minimum Gasteiger partial charge on any atom is -0.507 e. The average molecular weight is 504 g/mol. The molecule has 174 valence electrons. The number of ether oxygens (including phenoxy) is 1. The van der Waals surface area contributed by atoms with E-state index in [-0.39, 0.29) is 33.5 Å². The largest absolute Gasteiger partial charge is 0.507 e. The van der Waals surface area contributed by atoms with E-state index in [1.807, 2.05) is 0 Å². The lowest BCUT2D eigenvalue weighted by atomic mass is 9.94. The molecule has 1 aliphatic rings. The van der Waals surface area contributed by atoms with Crippen LogP contribution in [0, 0.1) is 11.6 Å². The fourth-order valence-corrected chi connectivity index (χ4v) is 4.48. The number of methoxy groups -OCH3 is 1. The van der Waals surface area contributed by atoms with E-state index >= 15 is 0 Å². The molecule has 1 unspecified atom stereocenters. The third-order valence-electron chi connectivity index (χ3n) is 5.46. The molecule has 0 spiro atoms. The van der Waals surface area contributed by atoms with Crippen LogP contribution in [0.1, 0.15) is 22.7 Å². The number of nitrogens with zero attached hydrogens (tertiary/aromatic N) is 1. The van der Waals surface area contributed by atoms with Crippen molar-refractivity contribution in [3.8, 4) is 5.75 Å². The molecule has 3 aromatic carbocycles. The topological polar surface area (TPSA) is 66.8 Å². The van der Waals surface area contributed by atoms with Gasteiger partial charge in [0.05, 0.1) is 29.3 Å². The number of hydrogen-bond donors (Lipinski definition) is 1. The van der Waals surface area contributed by atoms with Crippen molar-refractivity contribution in [2.75, 3.05) is 7.11 Å². The number of ketones is 1. The Kier molecular flexibility index (Phi) is 6.59. The van der Waals surface area contributed by atoms with Crippen LogP contribution in [0.25, 0.3) is 5.76 Å². The van der Waals surface area contributed by atoms with Gasteiger partial charge in [0.15, 0.2) is 0 Å². The molecule has 3 aromatic rings. The Bertz CT molecular complexity index is 1310. The second-order valence-corrected chi connectivity index (χ2v) is 8.42. The lowest BCUT2D eigenvalue weighted by molar-refractivity contribution is -0.140. The normalized spacial score (nSPS) is 17.3. The Morgan fingerprint density at radius 2 is 1.59 bits per heavy atom. The number of aliphatic hydroxyl groups is 1. The summed E-state index contributed by atoms with van der Waals surface area (Å²) in [5.74, 6) is -3.28. The molecule has 0 bridgehead atoms. The molecule has 0 radical (unpaired) electrons. The van der Waals surface area contributed by atoms with E-state index in [1.54, 1.807) is 0 Å². The number of carbonyl (C=O) groups excluding carboxylic acids is 2. The first-order valence-electron chi connectivity index (χ1n) is 10.0. The Labute approximate surface area is 203 Å². The first-order chi connectivity index (χ1) is 16.2. The number of aliphatic hydroxyl groups excluding tert-OH is 1. The SMILES string of the molecule is COc1c(Cl)cc(Cl)cc1/C(O)=C1\C(=O)C(=O)N(Cc2ccc(F)cc2)C1c1ccc(F)cc1. The molecule has 1 amide bonds. The highest BCUT2D eigenvalue weighted by atomic mass is 35.5. The predicted molar refractivity (Wildman–Crippen MR) is 124 cm³/mol. The van der Waals surface area contributed by atoms with Gasteiger partial charge in [0.2, 0.25) is 0 Å². The van der Waals surface area contributed by atoms with Crippen LogP contribution in [0.15, 0.2) is 66.2 Å². The second kappa shape index (κ2) is 9.44. The summed E-state index contributed by atoms with van der Waals surface area (Å²) in [5, 5.41) is 11.5. The lowest BCUT2D eigenvalue weighted by Crippen LogP contribution is -2.29. The minimum atomic E-state index is -1.06. The minimum absolute atomic E-state index is 0.0203. The molecule has 1 heterocycles. The molecule has 1 fully saturated rings. The van der Waals surface area contributed by atoms with Crippen molar-refractivity contribution < 1.29 is 28.2 Å². The third-order valence-corrected chi connectivity index (χ3v) is 5.96. The number of halogens is 4. The quantitative estimate of drug-likeness (QED) is 0.267. The fourth-order valence-electron chi connectivity index (χ4n) is 3.91. The van der Waals surface area contributed by atoms with Crippen molar-refractivity contribution in [2.24, 2.45) is 0 Å². The number of amides is 1. The molecule has 1 N–H and O–H groups in total. The van der Waals surface area contributed by atoms with E-state index in [0.29, 0.717) is 11.1 Å². The maximum Gasteiger partial charge on any atom is 0.295 e. The van der Waals surface area contributed by atoms with Crippen molar-refractivity contribution in [3.05, 3.63) is 105 Å². The number of carbonyl (C=O) groups is 2. The zero-order valence-electron chi connectivity index (χ0n) is 17.7. The summed E-state index contributed by atoms with van der Waals surface area (Å²) in [6.45, 7) is -0.0584. The van der Waals surface area contributed by atoms with Gasteiger partial charge in [-0.25, -0.2) is 8.78 Å². The molecular weight excluding hydrogens is 487 g/mol. The predicted octanol–water partition coefficient (Wildman–Crippen LogP) is 5.90. The Morgan fingerprint density at radius 1 is 1.00 bits per heavy atom. The molecule has 4 rings (SSSR count). The first-order valence-corrected chi connectivity index (χ1v) is 10.8. The molecule has 5 nitrogen and oxygen atoms in total. The van der Waals surface area contributed by atoms with Crippen LogP contribution in [0.4, 0.5) is 8.78 Å². The summed E-state index contributed by atoms with van der Waals surface area (Å²) < 4.78 is 32.3. The van der Waals surface area contributed by atoms with Gasteiger partial charge in [0.1, 0.15) is 23.1 Å². The van der Waals surface area contributed by atoms with Crippen LogP contribution >= 0.6 is 23.2 Å². The van der Waals surface area contributed by atoms with E-state index in [0.717, 1.165) is 0 Å². The molecule has 0 aromatic heterocycles. The lowest BCUT2D eigenvalue weighted by Gasteiger charge is -2.25. The van der Waals surface area contributed by atoms with Gasteiger partial charge >= 0.3 is 0 Å². The Hall–Kier alpha value is -3.42. The summed E-state index contributed by atoms with van der Waals surface area (Å²) in [7, 11) is 1.33. The summed E-state index contributed by atoms with van der Waals surface area (Å²) in [6.07, 6.45) is 0. The van der Waals surface area contributed by atoms with Gasteiger partial charge in [-0.05, 0) is 47.5 Å². The van der Waals surface area contributed by atoms with E-state index in [2.05, 4.69) is 0 Å². The molecule has 9 heteroatoms. The van der Waals surface area contributed by atoms with Crippen molar-refractivity contribution in [3.63, 3.8) is 0 Å². The summed E-state index contributed by atoms with van der Waals surface area (Å²) in [6, 6.07) is 12.3. The van der Waals surface area contributed by atoms with Gasteiger partial charge in [-0.2, -0.15) is 0 Å². The standard InChI is InChI=1S/C25H17Cl2F2NO4/c1-34-24-18(10-15(26)11-19(24)27)22(31)20-21(14-4-8-17(29)9-5-14)30(25(33)23(20)32)12-13-2-6-16(28)7-3-13/h2-11,21,31H,12H2,1H3/b22-20+. The molecule has 34 heavy (non-hydrogen) atoms. The highest BCUT2D eigenvalue weighted by Gasteiger charge is 2.46. The van der Waals surface area contributed by atoms with Crippen molar-refractivity contribution in [2.45, 2.75) is 12.6 Å². The highest BCUT2D eigenvalue weighted by molar-refractivity contribution is 6.46. The molecular formula is C25H17Cl2F2NO4. The van der Waals surface area contributed by atoms with Gasteiger partial charge in [-0.1, -0.05) is 47.5 Å². The van der Waals surface area contributed by atoms with Gasteiger partial charge in [0.25, 0.3) is 11.7 Å². The number of rotatable bonds is 5. The van der Waals surface area contributed by atoms with Crippen LogP contribution < -0.4 is 4.74 Å². The van der Waals surface area contributed by atoms with E-state index in [4.69, 9.17) is 27.9 Å². The second-order valence-electron chi connectivity index (χ2n) is 7.57. The molecule has 0 saturated carbocycles. The van der Waals surface area contributed by atoms with Crippen LogP contribution in [0.2, 0.25) is 10.0 Å². The first kappa shape index (κ1) is 23.7. The number of likely N-dealkylation sites (tertiary alicyclic amines) is 1. The van der Waals surface area contributed by atoms with E-state index in [1.165, 1.54) is 72.7 Å². The highest BCUT2D eigenvalue weighted by Crippen LogP contribution is 2.43. The van der Waals surface area contributed by atoms with Crippen LogP contribution in [0.3, 0.4) is 0 Å². The summed E-state index contributed by atoms with van der Waals surface area (Å²) in [5.41, 5.74) is 0.720. The Morgan fingerprint density at radius 3 is 2.18 bits per heavy atom. The van der Waals surface area contributed by atoms with Gasteiger partial charge in [0, 0.05) is 11.6 Å². The number of hydrogen-bond acceptors (Lipinski definition) is 4. The van der Waals surface area contributed by atoms with Crippen LogP contribution in [0.5, 0.6) is 5.75 Å².